The second-order valence-electron chi connectivity index (χ2n) is 4.71. The Kier molecular flexibility index (Phi) is 3.86. The number of thiazole rings is 2. The molecule has 0 aliphatic heterocycles. The number of aromatic nitrogens is 2. The normalized spacial score (nSPS) is 10.9. The Balaban J connectivity index is 1.79. The van der Waals surface area contributed by atoms with E-state index < -0.39 is 0 Å². The van der Waals surface area contributed by atoms with Crippen molar-refractivity contribution < 1.29 is 10.2 Å². The van der Waals surface area contributed by atoms with Gasteiger partial charge in [-0.1, -0.05) is 46.9 Å². The molecule has 22 heavy (non-hydrogen) atoms. The molecule has 1 aromatic carbocycles. The first-order valence-corrected chi connectivity index (χ1v) is 8.13. The van der Waals surface area contributed by atoms with E-state index in [0.717, 1.165) is 33.8 Å². The molecule has 8 heteroatoms. The molecule has 0 radical (unpaired) electrons. The van der Waals surface area contributed by atoms with Crippen molar-refractivity contribution in [3.8, 4) is 11.8 Å². The molecule has 2 aromatic heterocycles. The predicted molar refractivity (Wildman–Crippen MR) is 85.1 cm³/mol. The van der Waals surface area contributed by atoms with Crippen molar-refractivity contribution in [2.45, 2.75) is 13.1 Å². The van der Waals surface area contributed by atoms with Crippen LogP contribution in [0.15, 0.2) is 44.6 Å². The molecule has 6 nitrogen and oxygen atoms in total. The van der Waals surface area contributed by atoms with Crippen molar-refractivity contribution >= 4 is 22.7 Å². The van der Waals surface area contributed by atoms with Crippen LogP contribution in [0.5, 0.6) is 11.8 Å². The van der Waals surface area contributed by atoms with Gasteiger partial charge in [-0.15, -0.1) is 0 Å². The van der Waals surface area contributed by atoms with E-state index in [2.05, 4.69) is 0 Å². The highest BCUT2D eigenvalue weighted by Gasteiger charge is 2.08. The maximum Gasteiger partial charge on any atom is 0.310 e. The van der Waals surface area contributed by atoms with Gasteiger partial charge in [-0.3, -0.25) is 18.7 Å². The maximum atomic E-state index is 11.6. The molecule has 0 atom stereocenters. The Morgan fingerprint density at radius 2 is 1.14 bits per heavy atom. The summed E-state index contributed by atoms with van der Waals surface area (Å²) < 4.78 is 2.57. The van der Waals surface area contributed by atoms with Crippen LogP contribution in [0.1, 0.15) is 11.1 Å². The Bertz CT molecular complexity index is 827. The van der Waals surface area contributed by atoms with E-state index in [0.29, 0.717) is 0 Å². The lowest BCUT2D eigenvalue weighted by molar-refractivity contribution is 0.420. The lowest BCUT2D eigenvalue weighted by Gasteiger charge is -2.06. The third-order valence-corrected chi connectivity index (χ3v) is 4.73. The monoisotopic (exact) mass is 336 g/mol. The summed E-state index contributed by atoms with van der Waals surface area (Å²) in [6.45, 7) is 0.580. The van der Waals surface area contributed by atoms with Crippen molar-refractivity contribution in [1.29, 1.82) is 0 Å². The summed E-state index contributed by atoms with van der Waals surface area (Å²) in [5, 5.41) is 22.0. The first kappa shape index (κ1) is 14.6. The number of rotatable bonds is 4. The minimum atomic E-state index is -0.212. The number of benzene rings is 1. The Morgan fingerprint density at radius 1 is 0.773 bits per heavy atom. The molecule has 0 spiro atoms. The minimum absolute atomic E-state index is 0.0474. The molecule has 0 saturated carbocycles. The van der Waals surface area contributed by atoms with E-state index in [1.54, 1.807) is 0 Å². The molecule has 0 aliphatic rings. The van der Waals surface area contributed by atoms with Gasteiger partial charge in [-0.2, -0.15) is 0 Å². The summed E-state index contributed by atoms with van der Waals surface area (Å²) in [6.07, 6.45) is 0. The predicted octanol–water partition coefficient (Wildman–Crippen LogP) is 1.64. The summed E-state index contributed by atoms with van der Waals surface area (Å²) in [6, 6.07) is 7.31. The van der Waals surface area contributed by atoms with Crippen molar-refractivity contribution in [2.75, 3.05) is 0 Å². The molecular formula is C14H12N2O4S2. The molecule has 0 amide bonds. The Labute approximate surface area is 132 Å². The van der Waals surface area contributed by atoms with Gasteiger partial charge < -0.3 is 10.2 Å². The Hall–Kier alpha value is -2.32. The quantitative estimate of drug-likeness (QED) is 0.758. The van der Waals surface area contributed by atoms with Gasteiger partial charge >= 0.3 is 9.75 Å². The standard InChI is InChI=1S/C14H12N2O4S2/c17-11-7-21-13(19)15(11)5-9-1-2-10(4-3-9)6-16-12(18)8-22-14(16)20/h1-4,7-8,17-18H,5-6H2. The first-order chi connectivity index (χ1) is 10.5. The highest BCUT2D eigenvalue weighted by Crippen LogP contribution is 2.15. The number of hydrogen-bond donors (Lipinski definition) is 2. The summed E-state index contributed by atoms with van der Waals surface area (Å²) in [5.74, 6) is -0.0948. The first-order valence-electron chi connectivity index (χ1n) is 6.37. The van der Waals surface area contributed by atoms with Crippen LogP contribution in [-0.4, -0.2) is 19.3 Å². The molecule has 0 aliphatic carbocycles. The fourth-order valence-electron chi connectivity index (χ4n) is 2.05. The topological polar surface area (TPSA) is 84.5 Å². The van der Waals surface area contributed by atoms with E-state index in [4.69, 9.17) is 0 Å². The lowest BCUT2D eigenvalue weighted by atomic mass is 10.1. The van der Waals surface area contributed by atoms with Crippen LogP contribution in [0.4, 0.5) is 0 Å². The van der Waals surface area contributed by atoms with Crippen LogP contribution >= 0.6 is 22.7 Å². The second kappa shape index (κ2) is 5.82. The second-order valence-corrected chi connectivity index (χ2v) is 6.35. The van der Waals surface area contributed by atoms with Crippen LogP contribution in [0.25, 0.3) is 0 Å². The molecular weight excluding hydrogens is 324 g/mol. The van der Waals surface area contributed by atoms with Gasteiger partial charge in [0.05, 0.1) is 23.8 Å². The van der Waals surface area contributed by atoms with Crippen LogP contribution in [0, 0.1) is 0 Å². The largest absolute Gasteiger partial charge is 0.494 e. The summed E-state index contributed by atoms with van der Waals surface area (Å²) in [7, 11) is 0. The van der Waals surface area contributed by atoms with Crippen LogP contribution < -0.4 is 9.75 Å². The van der Waals surface area contributed by atoms with Gasteiger partial charge in [-0.05, 0) is 11.1 Å². The molecule has 3 rings (SSSR count). The van der Waals surface area contributed by atoms with Gasteiger partial charge in [0.15, 0.2) is 0 Å². The zero-order valence-electron chi connectivity index (χ0n) is 11.3. The van der Waals surface area contributed by atoms with E-state index in [1.165, 1.54) is 19.9 Å². The van der Waals surface area contributed by atoms with E-state index in [9.17, 15) is 19.8 Å². The van der Waals surface area contributed by atoms with E-state index in [-0.39, 0.29) is 34.6 Å². The fourth-order valence-corrected chi connectivity index (χ4v) is 3.29. The molecule has 2 N–H and O–H groups in total. The van der Waals surface area contributed by atoms with Crippen LogP contribution in [0.3, 0.4) is 0 Å². The average Bonchev–Trinajstić information content (AvgIpc) is 2.99. The maximum absolute atomic E-state index is 11.6. The Morgan fingerprint density at radius 3 is 1.41 bits per heavy atom. The number of aromatic hydroxyl groups is 2. The zero-order chi connectivity index (χ0) is 15.7. The zero-order valence-corrected chi connectivity index (χ0v) is 12.9. The average molecular weight is 336 g/mol. The fraction of sp³-hybridized carbons (Fsp3) is 0.143. The van der Waals surface area contributed by atoms with Crippen molar-refractivity contribution in [2.24, 2.45) is 0 Å². The third-order valence-electron chi connectivity index (χ3n) is 3.23. The van der Waals surface area contributed by atoms with E-state index >= 15 is 0 Å². The molecule has 2 heterocycles. The highest BCUT2D eigenvalue weighted by atomic mass is 32.1. The SMILES string of the molecule is O=c1scc(O)n1Cc1ccc(Cn2c(O)csc2=O)cc1. The van der Waals surface area contributed by atoms with Gasteiger partial charge in [0.25, 0.3) is 0 Å². The van der Waals surface area contributed by atoms with Crippen molar-refractivity contribution in [3.05, 3.63) is 65.5 Å². The summed E-state index contributed by atoms with van der Waals surface area (Å²) in [4.78, 5) is 22.7. The molecule has 0 fully saturated rings. The van der Waals surface area contributed by atoms with Gasteiger partial charge in [0.1, 0.15) is 0 Å². The van der Waals surface area contributed by atoms with Crippen LogP contribution in [0.2, 0.25) is 0 Å². The number of nitrogens with zero attached hydrogens (tertiary/aromatic N) is 2. The van der Waals surface area contributed by atoms with Crippen LogP contribution in [-0.2, 0) is 13.1 Å². The molecule has 0 unspecified atom stereocenters. The van der Waals surface area contributed by atoms with Crippen molar-refractivity contribution in [1.82, 2.24) is 9.13 Å². The minimum Gasteiger partial charge on any atom is -0.494 e. The molecule has 0 saturated heterocycles. The van der Waals surface area contributed by atoms with E-state index in [1.807, 2.05) is 24.3 Å². The number of hydrogen-bond acceptors (Lipinski definition) is 6. The summed E-state index contributed by atoms with van der Waals surface area (Å²) >= 11 is 1.90. The summed E-state index contributed by atoms with van der Waals surface area (Å²) in [5.41, 5.74) is 1.72. The van der Waals surface area contributed by atoms with Gasteiger partial charge in [0, 0.05) is 0 Å². The smallest absolute Gasteiger partial charge is 0.310 e. The molecule has 3 aromatic rings. The molecule has 0 bridgehead atoms. The lowest BCUT2D eigenvalue weighted by Crippen LogP contribution is -2.14. The van der Waals surface area contributed by atoms with Gasteiger partial charge in [0.2, 0.25) is 11.8 Å². The third kappa shape index (κ3) is 2.83. The van der Waals surface area contributed by atoms with Crippen molar-refractivity contribution in [3.63, 3.8) is 0 Å². The molecule has 114 valence electrons. The highest BCUT2D eigenvalue weighted by molar-refractivity contribution is 7.07. The van der Waals surface area contributed by atoms with Gasteiger partial charge in [-0.25, -0.2) is 0 Å².